The van der Waals surface area contributed by atoms with E-state index in [1.165, 1.54) is 18.3 Å². The van der Waals surface area contributed by atoms with Crippen molar-refractivity contribution in [2.75, 3.05) is 13.2 Å². The molecule has 1 heterocycles. The first kappa shape index (κ1) is 15.3. The molecular weight excluding hydrogens is 368 g/mol. The van der Waals surface area contributed by atoms with Gasteiger partial charge < -0.3 is 14.6 Å². The highest BCUT2D eigenvalue weighted by atomic mass is 79.9. The van der Waals surface area contributed by atoms with Gasteiger partial charge >= 0.3 is 0 Å². The molecule has 118 valence electrons. The number of hydrogen-bond donors (Lipinski definition) is 0. The summed E-state index contributed by atoms with van der Waals surface area (Å²) in [6.45, 7) is 0.933. The summed E-state index contributed by atoms with van der Waals surface area (Å²) in [7, 11) is 0. The maximum Gasteiger partial charge on any atom is 0.270 e. The Balaban J connectivity index is 1.94. The molecule has 2 aromatic rings. The molecule has 0 unspecified atom stereocenters. The lowest BCUT2D eigenvalue weighted by Crippen LogP contribution is -2.15. The molecule has 0 saturated carbocycles. The summed E-state index contributed by atoms with van der Waals surface area (Å²) in [4.78, 5) is 14.4. The van der Waals surface area contributed by atoms with E-state index in [1.807, 2.05) is 0 Å². The van der Waals surface area contributed by atoms with Gasteiger partial charge in [0.05, 0.1) is 10.6 Å². The largest absolute Gasteiger partial charge is 0.872 e. The van der Waals surface area contributed by atoms with E-state index in [0.29, 0.717) is 34.9 Å². The van der Waals surface area contributed by atoms with Gasteiger partial charge in [-0.3, -0.25) is 15.1 Å². The van der Waals surface area contributed by atoms with Crippen LogP contribution in [0.25, 0.3) is 0 Å². The van der Waals surface area contributed by atoms with E-state index in [4.69, 9.17) is 9.47 Å². The Morgan fingerprint density at radius 3 is 2.57 bits per heavy atom. The lowest BCUT2D eigenvalue weighted by atomic mass is 10.2. The predicted octanol–water partition coefficient (Wildman–Crippen LogP) is 2.95. The van der Waals surface area contributed by atoms with Crippen LogP contribution in [-0.4, -0.2) is 24.4 Å². The number of ether oxygens (including phenoxy) is 2. The topological polar surface area (TPSA) is 97.0 Å². The van der Waals surface area contributed by atoms with Crippen LogP contribution in [0.15, 0.2) is 39.8 Å². The van der Waals surface area contributed by atoms with E-state index in [1.54, 1.807) is 12.1 Å². The van der Waals surface area contributed by atoms with E-state index in [0.717, 1.165) is 6.07 Å². The molecule has 23 heavy (non-hydrogen) atoms. The van der Waals surface area contributed by atoms with Gasteiger partial charge in [0.15, 0.2) is 11.5 Å². The maximum absolute atomic E-state index is 11.8. The van der Waals surface area contributed by atoms with E-state index in [9.17, 15) is 15.2 Å². The molecule has 2 aromatic carbocycles. The number of halogens is 1. The minimum absolute atomic E-state index is 0.140. The summed E-state index contributed by atoms with van der Waals surface area (Å²) >= 11 is 3.37. The average molecular weight is 378 g/mol. The standard InChI is InChI=1S/C15H11BrN2O5/c16-11-6-14-15(23-4-3-22-14)7-12(11)17-8-9-5-10(18(20)21)1-2-13(9)19/h1-2,5-8,19H,3-4H2/p-1. The van der Waals surface area contributed by atoms with Crippen molar-refractivity contribution in [3.8, 4) is 17.2 Å². The Bertz CT molecular complexity index is 807. The van der Waals surface area contributed by atoms with E-state index < -0.39 is 4.92 Å². The molecule has 0 aromatic heterocycles. The van der Waals surface area contributed by atoms with Crippen LogP contribution in [0, 0.1) is 10.1 Å². The Kier molecular flexibility index (Phi) is 4.16. The fourth-order valence-corrected chi connectivity index (χ4v) is 2.47. The van der Waals surface area contributed by atoms with Gasteiger partial charge in [-0.25, -0.2) is 0 Å². The number of aliphatic imine (C=N–C) groups is 1. The summed E-state index contributed by atoms with van der Waals surface area (Å²) in [6.07, 6.45) is 1.30. The second-order valence-corrected chi connectivity index (χ2v) is 5.54. The van der Waals surface area contributed by atoms with E-state index in [-0.39, 0.29) is 17.0 Å². The molecule has 7 nitrogen and oxygen atoms in total. The van der Waals surface area contributed by atoms with Crippen LogP contribution in [-0.2, 0) is 0 Å². The van der Waals surface area contributed by atoms with Crippen molar-refractivity contribution in [3.63, 3.8) is 0 Å². The molecule has 0 radical (unpaired) electrons. The molecule has 1 aliphatic heterocycles. The molecule has 0 atom stereocenters. The van der Waals surface area contributed by atoms with Gasteiger partial charge in [-0.15, -0.1) is 0 Å². The number of non-ortho nitro benzene ring substituents is 1. The fraction of sp³-hybridized carbons (Fsp3) is 0.133. The molecule has 8 heteroatoms. The van der Waals surface area contributed by atoms with Crippen molar-refractivity contribution in [3.05, 3.63) is 50.5 Å². The Labute approximate surface area is 139 Å². The zero-order chi connectivity index (χ0) is 16.4. The lowest BCUT2D eigenvalue weighted by molar-refractivity contribution is -0.385. The Morgan fingerprint density at radius 2 is 1.87 bits per heavy atom. The van der Waals surface area contributed by atoms with Crippen LogP contribution in [0.3, 0.4) is 0 Å². The first-order chi connectivity index (χ1) is 11.0. The highest BCUT2D eigenvalue weighted by molar-refractivity contribution is 9.10. The molecular formula is C15H10BrN2O5-. The normalized spacial score (nSPS) is 13.3. The summed E-state index contributed by atoms with van der Waals surface area (Å²) in [5.41, 5.74) is 0.508. The first-order valence-corrected chi connectivity index (χ1v) is 7.42. The molecule has 1 aliphatic rings. The van der Waals surface area contributed by atoms with Gasteiger partial charge in [-0.1, -0.05) is 11.8 Å². The van der Waals surface area contributed by atoms with Crippen molar-refractivity contribution < 1.29 is 19.5 Å². The van der Waals surface area contributed by atoms with Crippen molar-refractivity contribution in [2.45, 2.75) is 0 Å². The van der Waals surface area contributed by atoms with Crippen LogP contribution in [0.4, 0.5) is 11.4 Å². The third-order valence-electron chi connectivity index (χ3n) is 3.16. The molecule has 0 fully saturated rings. The van der Waals surface area contributed by atoms with Crippen LogP contribution >= 0.6 is 15.9 Å². The number of benzene rings is 2. The van der Waals surface area contributed by atoms with Crippen molar-refractivity contribution in [2.24, 2.45) is 4.99 Å². The molecule has 0 bridgehead atoms. The monoisotopic (exact) mass is 377 g/mol. The van der Waals surface area contributed by atoms with Crippen LogP contribution in [0.2, 0.25) is 0 Å². The first-order valence-electron chi connectivity index (χ1n) is 6.63. The highest BCUT2D eigenvalue weighted by Gasteiger charge is 2.14. The van der Waals surface area contributed by atoms with Gasteiger partial charge in [0.25, 0.3) is 5.69 Å². The summed E-state index contributed by atoms with van der Waals surface area (Å²) in [5, 5.41) is 22.5. The Hall–Kier alpha value is -2.61. The minimum atomic E-state index is -0.559. The summed E-state index contributed by atoms with van der Waals surface area (Å²) < 4.78 is 11.6. The number of hydrogen-bond acceptors (Lipinski definition) is 6. The fourth-order valence-electron chi connectivity index (χ4n) is 2.04. The number of fused-ring (bicyclic) bond motifs is 1. The third-order valence-corrected chi connectivity index (χ3v) is 3.79. The van der Waals surface area contributed by atoms with Gasteiger partial charge in [0.2, 0.25) is 0 Å². The summed E-state index contributed by atoms with van der Waals surface area (Å²) in [6, 6.07) is 6.92. The molecule has 0 spiro atoms. The van der Waals surface area contributed by atoms with Crippen LogP contribution in [0.1, 0.15) is 5.56 Å². The van der Waals surface area contributed by atoms with Gasteiger partial charge in [-0.2, -0.15) is 0 Å². The van der Waals surface area contributed by atoms with Gasteiger partial charge in [-0.05, 0) is 21.5 Å². The molecule has 0 aliphatic carbocycles. The second-order valence-electron chi connectivity index (χ2n) is 4.68. The van der Waals surface area contributed by atoms with E-state index >= 15 is 0 Å². The second kappa shape index (κ2) is 6.25. The van der Waals surface area contributed by atoms with E-state index in [2.05, 4.69) is 20.9 Å². The van der Waals surface area contributed by atoms with Crippen molar-refractivity contribution in [1.29, 1.82) is 0 Å². The van der Waals surface area contributed by atoms with Crippen molar-refractivity contribution in [1.82, 2.24) is 0 Å². The quantitative estimate of drug-likeness (QED) is 0.465. The van der Waals surface area contributed by atoms with Crippen LogP contribution < -0.4 is 14.6 Å². The number of nitrogens with zero attached hydrogens (tertiary/aromatic N) is 2. The number of nitro benzene ring substituents is 1. The number of nitro groups is 1. The molecule has 0 amide bonds. The minimum Gasteiger partial charge on any atom is -0.872 e. The van der Waals surface area contributed by atoms with Gasteiger partial charge in [0.1, 0.15) is 13.2 Å². The smallest absolute Gasteiger partial charge is 0.270 e. The average Bonchev–Trinajstić information content (AvgIpc) is 2.54. The third kappa shape index (κ3) is 3.26. The Morgan fingerprint density at radius 1 is 1.17 bits per heavy atom. The molecule has 3 rings (SSSR count). The lowest BCUT2D eigenvalue weighted by Gasteiger charge is -2.19. The molecule has 0 N–H and O–H groups in total. The van der Waals surface area contributed by atoms with Crippen molar-refractivity contribution >= 4 is 33.5 Å². The van der Waals surface area contributed by atoms with Gasteiger partial charge in [0, 0.05) is 35.0 Å². The number of rotatable bonds is 3. The highest BCUT2D eigenvalue weighted by Crippen LogP contribution is 2.39. The zero-order valence-electron chi connectivity index (χ0n) is 11.7. The maximum atomic E-state index is 11.8. The summed E-state index contributed by atoms with van der Waals surface area (Å²) in [5.74, 6) is 0.836. The molecule has 0 saturated heterocycles. The predicted molar refractivity (Wildman–Crippen MR) is 84.9 cm³/mol. The SMILES string of the molecule is O=[N+]([O-])c1ccc([O-])c(C=Nc2cc3c(cc2Br)OCCO3)c1. The van der Waals surface area contributed by atoms with Crippen LogP contribution in [0.5, 0.6) is 17.2 Å². The zero-order valence-corrected chi connectivity index (χ0v) is 13.3.